The summed E-state index contributed by atoms with van der Waals surface area (Å²) in [5.74, 6) is -1.28. The SMILES string of the molecule is CC(C(=O)Nc1ccc(Br)cc1F)C(N)c1ccccc1. The summed E-state index contributed by atoms with van der Waals surface area (Å²) in [5.41, 5.74) is 7.11. The quantitative estimate of drug-likeness (QED) is 0.879. The summed E-state index contributed by atoms with van der Waals surface area (Å²) in [7, 11) is 0. The van der Waals surface area contributed by atoms with Gasteiger partial charge in [-0.05, 0) is 23.8 Å². The van der Waals surface area contributed by atoms with Crippen LogP contribution in [0.5, 0.6) is 0 Å². The molecule has 0 aliphatic rings. The van der Waals surface area contributed by atoms with E-state index in [1.54, 1.807) is 13.0 Å². The lowest BCUT2D eigenvalue weighted by Gasteiger charge is -2.20. The molecule has 21 heavy (non-hydrogen) atoms. The van der Waals surface area contributed by atoms with Gasteiger partial charge in [0.05, 0.1) is 11.6 Å². The Labute approximate surface area is 131 Å². The summed E-state index contributed by atoms with van der Waals surface area (Å²) < 4.78 is 14.3. The van der Waals surface area contributed by atoms with Gasteiger partial charge in [-0.25, -0.2) is 4.39 Å². The van der Waals surface area contributed by atoms with Gasteiger partial charge >= 0.3 is 0 Å². The minimum absolute atomic E-state index is 0.148. The second-order valence-corrected chi connectivity index (χ2v) is 5.75. The zero-order valence-electron chi connectivity index (χ0n) is 11.5. The molecule has 0 saturated carbocycles. The molecular weight excluding hydrogens is 335 g/mol. The molecule has 0 radical (unpaired) electrons. The molecule has 110 valence electrons. The van der Waals surface area contributed by atoms with Crippen molar-refractivity contribution in [2.24, 2.45) is 11.7 Å². The van der Waals surface area contributed by atoms with Crippen LogP contribution in [0.4, 0.5) is 10.1 Å². The summed E-state index contributed by atoms with van der Waals surface area (Å²) in [5, 5.41) is 2.57. The zero-order valence-corrected chi connectivity index (χ0v) is 13.1. The van der Waals surface area contributed by atoms with Crippen LogP contribution in [0.25, 0.3) is 0 Å². The molecule has 2 aromatic rings. The van der Waals surface area contributed by atoms with Crippen LogP contribution in [0.3, 0.4) is 0 Å². The van der Waals surface area contributed by atoms with E-state index in [9.17, 15) is 9.18 Å². The van der Waals surface area contributed by atoms with Crippen LogP contribution in [0.1, 0.15) is 18.5 Å². The highest BCUT2D eigenvalue weighted by molar-refractivity contribution is 9.10. The van der Waals surface area contributed by atoms with Crippen molar-refractivity contribution >= 4 is 27.5 Å². The molecule has 2 atom stereocenters. The van der Waals surface area contributed by atoms with E-state index in [-0.39, 0.29) is 11.6 Å². The molecule has 0 spiro atoms. The number of hydrogen-bond donors (Lipinski definition) is 2. The molecule has 0 saturated heterocycles. The molecule has 3 N–H and O–H groups in total. The van der Waals surface area contributed by atoms with E-state index in [0.29, 0.717) is 4.47 Å². The highest BCUT2D eigenvalue weighted by Crippen LogP contribution is 2.23. The zero-order chi connectivity index (χ0) is 15.4. The lowest BCUT2D eigenvalue weighted by Crippen LogP contribution is -2.30. The molecular formula is C16H16BrFN2O. The number of nitrogens with two attached hydrogens (primary N) is 1. The van der Waals surface area contributed by atoms with Crippen molar-refractivity contribution in [3.63, 3.8) is 0 Å². The number of halogens is 2. The van der Waals surface area contributed by atoms with Crippen molar-refractivity contribution < 1.29 is 9.18 Å². The Morgan fingerprint density at radius 2 is 1.90 bits per heavy atom. The smallest absolute Gasteiger partial charge is 0.229 e. The van der Waals surface area contributed by atoms with Gasteiger partial charge in [0.15, 0.2) is 0 Å². The third kappa shape index (κ3) is 3.89. The number of anilines is 1. The molecule has 0 heterocycles. The maximum absolute atomic E-state index is 13.7. The maximum atomic E-state index is 13.7. The van der Waals surface area contributed by atoms with E-state index in [1.165, 1.54) is 12.1 Å². The number of amides is 1. The molecule has 2 unspecified atom stereocenters. The number of benzene rings is 2. The molecule has 0 aromatic heterocycles. The van der Waals surface area contributed by atoms with Crippen LogP contribution in [0, 0.1) is 11.7 Å². The topological polar surface area (TPSA) is 55.1 Å². The normalized spacial score (nSPS) is 13.5. The van der Waals surface area contributed by atoms with E-state index in [4.69, 9.17) is 5.73 Å². The number of carbonyl (C=O) groups is 1. The fourth-order valence-electron chi connectivity index (χ4n) is 1.96. The van der Waals surface area contributed by atoms with Crippen molar-refractivity contribution in [3.05, 3.63) is 64.4 Å². The van der Waals surface area contributed by atoms with Gasteiger partial charge in [0.1, 0.15) is 5.82 Å². The molecule has 0 fully saturated rings. The van der Waals surface area contributed by atoms with Gasteiger partial charge in [-0.1, -0.05) is 53.2 Å². The van der Waals surface area contributed by atoms with Gasteiger partial charge in [-0.3, -0.25) is 4.79 Å². The summed E-state index contributed by atoms with van der Waals surface area (Å²) >= 11 is 3.17. The summed E-state index contributed by atoms with van der Waals surface area (Å²) in [6.45, 7) is 1.73. The van der Waals surface area contributed by atoms with Gasteiger partial charge in [-0.2, -0.15) is 0 Å². The van der Waals surface area contributed by atoms with Crippen LogP contribution in [0.2, 0.25) is 0 Å². The monoisotopic (exact) mass is 350 g/mol. The molecule has 5 heteroatoms. The largest absolute Gasteiger partial charge is 0.323 e. The van der Waals surface area contributed by atoms with E-state index in [0.717, 1.165) is 5.56 Å². The van der Waals surface area contributed by atoms with Crippen molar-refractivity contribution in [2.75, 3.05) is 5.32 Å². The number of carbonyl (C=O) groups excluding carboxylic acids is 1. The highest BCUT2D eigenvalue weighted by Gasteiger charge is 2.22. The third-order valence-corrected chi connectivity index (χ3v) is 3.82. The molecule has 2 aromatic carbocycles. The van der Waals surface area contributed by atoms with Crippen LogP contribution < -0.4 is 11.1 Å². The third-order valence-electron chi connectivity index (χ3n) is 3.33. The van der Waals surface area contributed by atoms with E-state index >= 15 is 0 Å². The number of nitrogens with one attached hydrogen (secondary N) is 1. The van der Waals surface area contributed by atoms with Crippen LogP contribution in [-0.2, 0) is 4.79 Å². The Morgan fingerprint density at radius 1 is 1.24 bits per heavy atom. The lowest BCUT2D eigenvalue weighted by molar-refractivity contribution is -0.120. The molecule has 2 rings (SSSR count). The van der Waals surface area contributed by atoms with Gasteiger partial charge in [-0.15, -0.1) is 0 Å². The Balaban J connectivity index is 2.09. The highest BCUT2D eigenvalue weighted by atomic mass is 79.9. The minimum atomic E-state index is -0.488. The van der Waals surface area contributed by atoms with E-state index in [1.807, 2.05) is 30.3 Å². The molecule has 0 aliphatic carbocycles. The maximum Gasteiger partial charge on any atom is 0.229 e. The fraction of sp³-hybridized carbons (Fsp3) is 0.188. The number of rotatable bonds is 4. The van der Waals surface area contributed by atoms with Gasteiger partial charge < -0.3 is 11.1 Å². The summed E-state index contributed by atoms with van der Waals surface area (Å²) in [6.07, 6.45) is 0. The van der Waals surface area contributed by atoms with Crippen molar-refractivity contribution in [1.82, 2.24) is 0 Å². The van der Waals surface area contributed by atoms with Crippen LogP contribution in [0.15, 0.2) is 53.0 Å². The van der Waals surface area contributed by atoms with Gasteiger partial charge in [0.2, 0.25) is 5.91 Å². The Morgan fingerprint density at radius 3 is 2.52 bits per heavy atom. The molecule has 0 aliphatic heterocycles. The first kappa shape index (κ1) is 15.7. The standard InChI is InChI=1S/C16H16BrFN2O/c1-10(15(19)11-5-3-2-4-6-11)16(21)20-14-8-7-12(17)9-13(14)18/h2-10,15H,19H2,1H3,(H,20,21). The summed E-state index contributed by atoms with van der Waals surface area (Å²) in [6, 6.07) is 13.4. The first-order valence-corrected chi connectivity index (χ1v) is 7.35. The Bertz CT molecular complexity index is 633. The fourth-order valence-corrected chi connectivity index (χ4v) is 2.30. The Hall–Kier alpha value is -1.72. The lowest BCUT2D eigenvalue weighted by atomic mass is 9.94. The first-order valence-electron chi connectivity index (χ1n) is 6.55. The van der Waals surface area contributed by atoms with Gasteiger partial charge in [0, 0.05) is 10.5 Å². The summed E-state index contributed by atoms with van der Waals surface area (Å²) in [4.78, 5) is 12.2. The van der Waals surface area contributed by atoms with Crippen molar-refractivity contribution in [1.29, 1.82) is 0 Å². The van der Waals surface area contributed by atoms with Crippen LogP contribution >= 0.6 is 15.9 Å². The predicted molar refractivity (Wildman–Crippen MR) is 85.3 cm³/mol. The second-order valence-electron chi connectivity index (χ2n) is 4.84. The van der Waals surface area contributed by atoms with Crippen molar-refractivity contribution in [2.45, 2.75) is 13.0 Å². The van der Waals surface area contributed by atoms with E-state index < -0.39 is 17.8 Å². The Kier molecular flexibility index (Phi) is 5.09. The van der Waals surface area contributed by atoms with Crippen molar-refractivity contribution in [3.8, 4) is 0 Å². The predicted octanol–water partition coefficient (Wildman–Crippen LogP) is 3.86. The van der Waals surface area contributed by atoms with Gasteiger partial charge in [0.25, 0.3) is 0 Å². The molecule has 0 bridgehead atoms. The molecule has 3 nitrogen and oxygen atoms in total. The second kappa shape index (κ2) is 6.83. The first-order chi connectivity index (χ1) is 9.99. The van der Waals surface area contributed by atoms with E-state index in [2.05, 4.69) is 21.2 Å². The molecule has 1 amide bonds. The average molecular weight is 351 g/mol. The average Bonchev–Trinajstić information content (AvgIpc) is 2.49. The minimum Gasteiger partial charge on any atom is -0.323 e. The van der Waals surface area contributed by atoms with Crippen LogP contribution in [-0.4, -0.2) is 5.91 Å². The number of hydrogen-bond acceptors (Lipinski definition) is 2.